The summed E-state index contributed by atoms with van der Waals surface area (Å²) in [6, 6.07) is 14.1. The number of nitrogens with zero attached hydrogens (tertiary/aromatic N) is 3. The summed E-state index contributed by atoms with van der Waals surface area (Å²) in [5.74, 6) is 0.660. The molecule has 138 valence electrons. The summed E-state index contributed by atoms with van der Waals surface area (Å²) in [6.45, 7) is 2.01. The monoisotopic (exact) mass is 392 g/mol. The van der Waals surface area contributed by atoms with Gasteiger partial charge in [0.1, 0.15) is 5.65 Å². The fourth-order valence-corrected chi connectivity index (χ4v) is 3.58. The van der Waals surface area contributed by atoms with E-state index in [4.69, 9.17) is 5.73 Å². The summed E-state index contributed by atoms with van der Waals surface area (Å²) >= 11 is 0. The molecule has 2 N–H and O–H groups in total. The molecular weight excluding hydrogens is 371 g/mol. The Bertz CT molecular complexity index is 868. The molecule has 3 heterocycles. The molecule has 0 unspecified atom stereocenters. The maximum atomic E-state index is 12.9. The molecule has 2 atom stereocenters. The van der Waals surface area contributed by atoms with Gasteiger partial charge in [0.05, 0.1) is 5.56 Å². The van der Waals surface area contributed by atoms with Gasteiger partial charge in [0.15, 0.2) is 0 Å². The minimum atomic E-state index is 0. The Morgan fingerprint density at radius 3 is 2.62 bits per heavy atom. The molecule has 0 spiro atoms. The summed E-state index contributed by atoms with van der Waals surface area (Å²) in [4.78, 5) is 19.0. The zero-order valence-corrected chi connectivity index (χ0v) is 15.8. The molecule has 0 bridgehead atoms. The smallest absolute Gasteiger partial charge is 0.255 e. The van der Waals surface area contributed by atoms with Gasteiger partial charge in [-0.25, -0.2) is 4.98 Å². The van der Waals surface area contributed by atoms with E-state index in [1.165, 1.54) is 5.56 Å². The zero-order valence-electron chi connectivity index (χ0n) is 14.2. The Morgan fingerprint density at radius 2 is 1.88 bits per heavy atom. The van der Waals surface area contributed by atoms with Crippen molar-refractivity contribution in [2.24, 2.45) is 11.7 Å². The van der Waals surface area contributed by atoms with Crippen molar-refractivity contribution < 1.29 is 4.79 Å². The summed E-state index contributed by atoms with van der Waals surface area (Å²) in [5, 5.41) is 0. The lowest BCUT2D eigenvalue weighted by atomic mass is 9.89. The van der Waals surface area contributed by atoms with Crippen molar-refractivity contribution in [2.45, 2.75) is 5.92 Å². The first-order valence-corrected chi connectivity index (χ1v) is 8.23. The Kier molecular flexibility index (Phi) is 6.64. The third-order valence-electron chi connectivity index (χ3n) is 4.89. The molecule has 0 saturated carbocycles. The highest BCUT2D eigenvalue weighted by Crippen LogP contribution is 2.32. The lowest BCUT2D eigenvalue weighted by molar-refractivity contribution is 0.0786. The number of rotatable bonds is 3. The molecular formula is C19H22Cl2N4O. The van der Waals surface area contributed by atoms with Gasteiger partial charge in [-0.1, -0.05) is 30.3 Å². The van der Waals surface area contributed by atoms with Gasteiger partial charge >= 0.3 is 0 Å². The van der Waals surface area contributed by atoms with Crippen molar-refractivity contribution >= 4 is 36.4 Å². The number of amides is 1. The number of benzene rings is 1. The quantitative estimate of drug-likeness (QED) is 0.744. The van der Waals surface area contributed by atoms with E-state index in [1.807, 2.05) is 52.0 Å². The Balaban J connectivity index is 0.00000121. The fraction of sp³-hybridized carbons (Fsp3) is 0.263. The molecule has 3 aromatic rings. The number of hydrogen-bond donors (Lipinski definition) is 1. The lowest BCUT2D eigenvalue weighted by Crippen LogP contribution is -2.30. The highest BCUT2D eigenvalue weighted by Gasteiger charge is 2.35. The van der Waals surface area contributed by atoms with E-state index in [0.717, 1.165) is 5.65 Å². The second-order valence-corrected chi connectivity index (χ2v) is 6.33. The highest BCUT2D eigenvalue weighted by molar-refractivity contribution is 5.94. The fourth-order valence-electron chi connectivity index (χ4n) is 3.58. The van der Waals surface area contributed by atoms with Crippen molar-refractivity contribution in [3.8, 4) is 0 Å². The molecule has 1 fully saturated rings. The van der Waals surface area contributed by atoms with Crippen LogP contribution in [0.15, 0.2) is 61.1 Å². The van der Waals surface area contributed by atoms with Crippen LogP contribution in [0.1, 0.15) is 21.8 Å². The maximum absolute atomic E-state index is 12.9. The van der Waals surface area contributed by atoms with Crippen LogP contribution >= 0.6 is 24.8 Å². The van der Waals surface area contributed by atoms with Crippen molar-refractivity contribution in [3.63, 3.8) is 0 Å². The molecule has 1 aromatic carbocycles. The molecule has 1 amide bonds. The van der Waals surface area contributed by atoms with Gasteiger partial charge in [-0.15, -0.1) is 24.8 Å². The van der Waals surface area contributed by atoms with Gasteiger partial charge in [0.25, 0.3) is 5.91 Å². The van der Waals surface area contributed by atoms with Gasteiger partial charge < -0.3 is 15.0 Å². The van der Waals surface area contributed by atoms with E-state index in [2.05, 4.69) is 17.1 Å². The molecule has 7 heteroatoms. The average molecular weight is 393 g/mol. The van der Waals surface area contributed by atoms with Crippen LogP contribution in [0.2, 0.25) is 0 Å². The molecule has 0 aliphatic carbocycles. The standard InChI is InChI=1S/C19H20N4O.2ClH/c20-10-16-12-23(13-17(16)14-4-2-1-3-5-14)19(24)15-6-7-18-21-8-9-22(18)11-15;;/h1-9,11,16-17H,10,12-13,20H2;2*1H/t16-,17+;;/m1../s1. The average Bonchev–Trinajstić information content (AvgIpc) is 3.27. The molecule has 4 rings (SSSR count). The molecule has 2 aromatic heterocycles. The van der Waals surface area contributed by atoms with Crippen molar-refractivity contribution in [2.75, 3.05) is 19.6 Å². The van der Waals surface area contributed by atoms with Crippen LogP contribution in [0.3, 0.4) is 0 Å². The molecule has 1 aliphatic heterocycles. The van der Waals surface area contributed by atoms with Crippen LogP contribution in [0.5, 0.6) is 0 Å². The number of imidazole rings is 1. The zero-order chi connectivity index (χ0) is 16.5. The minimum Gasteiger partial charge on any atom is -0.338 e. The number of fused-ring (bicyclic) bond motifs is 1. The largest absolute Gasteiger partial charge is 0.338 e. The van der Waals surface area contributed by atoms with E-state index >= 15 is 0 Å². The summed E-state index contributed by atoms with van der Waals surface area (Å²) < 4.78 is 1.87. The number of hydrogen-bond acceptors (Lipinski definition) is 3. The normalized spacial score (nSPS) is 19.0. The first kappa shape index (κ1) is 20.2. The van der Waals surface area contributed by atoms with Crippen molar-refractivity contribution in [1.29, 1.82) is 0 Å². The van der Waals surface area contributed by atoms with E-state index in [1.54, 1.807) is 6.20 Å². The van der Waals surface area contributed by atoms with Crippen molar-refractivity contribution in [1.82, 2.24) is 14.3 Å². The molecule has 0 radical (unpaired) electrons. The third kappa shape index (κ3) is 3.70. The third-order valence-corrected chi connectivity index (χ3v) is 4.89. The number of likely N-dealkylation sites (tertiary alicyclic amines) is 1. The topological polar surface area (TPSA) is 63.6 Å². The molecule has 5 nitrogen and oxygen atoms in total. The molecule has 1 aliphatic rings. The van der Waals surface area contributed by atoms with Crippen LogP contribution in [0.25, 0.3) is 5.65 Å². The van der Waals surface area contributed by atoms with Crippen LogP contribution in [-0.4, -0.2) is 39.8 Å². The number of pyridine rings is 1. The Labute approximate surface area is 165 Å². The van der Waals surface area contributed by atoms with Crippen LogP contribution in [0.4, 0.5) is 0 Å². The van der Waals surface area contributed by atoms with Gasteiger partial charge in [0, 0.05) is 37.6 Å². The Hall–Kier alpha value is -2.08. The summed E-state index contributed by atoms with van der Waals surface area (Å²) in [5.41, 5.74) is 8.76. The summed E-state index contributed by atoms with van der Waals surface area (Å²) in [6.07, 6.45) is 5.43. The number of carbonyl (C=O) groups is 1. The first-order valence-electron chi connectivity index (χ1n) is 8.23. The number of carbonyl (C=O) groups excluding carboxylic acids is 1. The van der Waals surface area contributed by atoms with Crippen LogP contribution in [-0.2, 0) is 0 Å². The molecule has 1 saturated heterocycles. The minimum absolute atomic E-state index is 0. The SMILES string of the molecule is Cl.Cl.NC[C@@H]1CN(C(=O)c2ccc3nccn3c2)C[C@H]1c1ccccc1. The Morgan fingerprint density at radius 1 is 1.12 bits per heavy atom. The van der Waals surface area contributed by atoms with Crippen molar-refractivity contribution in [3.05, 3.63) is 72.2 Å². The first-order chi connectivity index (χ1) is 11.8. The van der Waals surface area contributed by atoms with Gasteiger partial charge in [-0.2, -0.15) is 0 Å². The number of aromatic nitrogens is 2. The maximum Gasteiger partial charge on any atom is 0.255 e. The highest BCUT2D eigenvalue weighted by atomic mass is 35.5. The van der Waals surface area contributed by atoms with Gasteiger partial charge in [-0.3, -0.25) is 4.79 Å². The molecule has 26 heavy (non-hydrogen) atoms. The predicted octanol–water partition coefficient (Wildman–Crippen LogP) is 2.99. The second kappa shape index (κ2) is 8.54. The number of halogens is 2. The van der Waals surface area contributed by atoms with Gasteiger partial charge in [-0.05, 0) is 30.2 Å². The lowest BCUT2D eigenvalue weighted by Gasteiger charge is -2.17. The summed E-state index contributed by atoms with van der Waals surface area (Å²) in [7, 11) is 0. The van der Waals surface area contributed by atoms with Crippen LogP contribution in [0, 0.1) is 5.92 Å². The van der Waals surface area contributed by atoms with E-state index < -0.39 is 0 Å². The number of nitrogens with two attached hydrogens (primary N) is 1. The van der Waals surface area contributed by atoms with E-state index in [-0.39, 0.29) is 30.7 Å². The predicted molar refractivity (Wildman–Crippen MR) is 107 cm³/mol. The van der Waals surface area contributed by atoms with Crippen LogP contribution < -0.4 is 5.73 Å². The van der Waals surface area contributed by atoms with E-state index in [9.17, 15) is 4.79 Å². The van der Waals surface area contributed by atoms with Gasteiger partial charge in [0.2, 0.25) is 0 Å². The second-order valence-electron chi connectivity index (χ2n) is 6.33. The van der Waals surface area contributed by atoms with E-state index in [0.29, 0.717) is 37.0 Å².